The number of para-hydroxylation sites is 1. The highest BCUT2D eigenvalue weighted by Crippen LogP contribution is 2.34. The minimum Gasteiger partial charge on any atom is -0.373 e. The van der Waals surface area contributed by atoms with E-state index in [1.807, 2.05) is 37.4 Å². The van der Waals surface area contributed by atoms with E-state index in [4.69, 9.17) is 0 Å². The van der Waals surface area contributed by atoms with Gasteiger partial charge in [-0.2, -0.15) is 0 Å². The Balaban J connectivity index is 1.95. The van der Waals surface area contributed by atoms with Crippen molar-refractivity contribution in [1.29, 1.82) is 0 Å². The Bertz CT molecular complexity index is 1050. The summed E-state index contributed by atoms with van der Waals surface area (Å²) >= 11 is 0. The third-order valence-corrected chi connectivity index (χ3v) is 7.36. The third kappa shape index (κ3) is 4.50. The predicted molar refractivity (Wildman–Crippen MR) is 113 cm³/mol. The molecule has 152 valence electrons. The summed E-state index contributed by atoms with van der Waals surface area (Å²) in [4.78, 5) is 4.36. The maximum atomic E-state index is 12.4. The van der Waals surface area contributed by atoms with Crippen molar-refractivity contribution >= 4 is 31.0 Å². The summed E-state index contributed by atoms with van der Waals surface area (Å²) in [5.74, 6) is 0. The summed E-state index contributed by atoms with van der Waals surface area (Å²) in [6.07, 6.45) is 4.12. The number of rotatable bonds is 6. The first kappa shape index (κ1) is 20.7. The fraction of sp³-hybridized carbons (Fsp3) is 0.400. The lowest BCUT2D eigenvalue weighted by molar-refractivity contribution is 0.598. The van der Waals surface area contributed by atoms with Crippen LogP contribution in [0.3, 0.4) is 0 Å². The molecule has 3 rings (SSSR count). The van der Waals surface area contributed by atoms with Crippen LogP contribution in [0.25, 0.3) is 0 Å². The lowest BCUT2D eigenvalue weighted by atomic mass is 10.2. The third-order valence-electron chi connectivity index (χ3n) is 5.13. The number of sulfone groups is 2. The molecule has 0 aliphatic carbocycles. The Kier molecular flexibility index (Phi) is 5.72. The second-order valence-corrected chi connectivity index (χ2v) is 11.4. The molecule has 2 aromatic rings. The summed E-state index contributed by atoms with van der Waals surface area (Å²) in [6, 6.07) is 14.6. The minimum absolute atomic E-state index is 0.0221. The van der Waals surface area contributed by atoms with Crippen LogP contribution in [0.1, 0.15) is 12.8 Å². The van der Waals surface area contributed by atoms with Crippen LogP contribution < -0.4 is 9.80 Å². The van der Waals surface area contributed by atoms with E-state index in [1.165, 1.54) is 12.1 Å². The molecule has 0 aromatic heterocycles. The van der Waals surface area contributed by atoms with E-state index < -0.39 is 19.7 Å². The number of benzene rings is 2. The van der Waals surface area contributed by atoms with Gasteiger partial charge < -0.3 is 9.80 Å². The second-order valence-electron chi connectivity index (χ2n) is 7.38. The zero-order chi connectivity index (χ0) is 20.5. The number of hydrogen-bond acceptors (Lipinski definition) is 6. The lowest BCUT2D eigenvalue weighted by Gasteiger charge is -2.32. The monoisotopic (exact) mass is 422 g/mol. The van der Waals surface area contributed by atoms with Crippen LogP contribution in [0.4, 0.5) is 11.4 Å². The number of hydrogen-bond donors (Lipinski definition) is 0. The first-order chi connectivity index (χ1) is 13.1. The van der Waals surface area contributed by atoms with Crippen molar-refractivity contribution in [2.45, 2.75) is 28.7 Å². The molecule has 0 unspecified atom stereocenters. The van der Waals surface area contributed by atoms with Gasteiger partial charge >= 0.3 is 0 Å². The van der Waals surface area contributed by atoms with Crippen LogP contribution in [0, 0.1) is 0 Å². The van der Waals surface area contributed by atoms with E-state index in [9.17, 15) is 16.8 Å². The van der Waals surface area contributed by atoms with Crippen molar-refractivity contribution in [3.63, 3.8) is 0 Å². The Morgan fingerprint density at radius 2 is 1.68 bits per heavy atom. The fourth-order valence-corrected chi connectivity index (χ4v) is 5.33. The molecule has 1 saturated heterocycles. The normalized spacial score (nSPS) is 17.7. The van der Waals surface area contributed by atoms with E-state index in [1.54, 1.807) is 6.07 Å². The maximum Gasteiger partial charge on any atom is 0.177 e. The first-order valence-corrected chi connectivity index (χ1v) is 12.9. The molecule has 0 N–H and O–H groups in total. The Hall–Kier alpha value is -2.06. The van der Waals surface area contributed by atoms with Crippen LogP contribution in [-0.4, -0.2) is 55.5 Å². The van der Waals surface area contributed by atoms with Crippen molar-refractivity contribution in [1.82, 2.24) is 0 Å². The summed E-state index contributed by atoms with van der Waals surface area (Å²) < 4.78 is 48.6. The number of anilines is 2. The molecule has 0 saturated carbocycles. The standard InChI is InChI=1S/C20H26N2O4S2/c1-21(16-8-5-4-6-9-16)15-17-10-7-13-22(17)19-12-11-18(27(2,23)24)14-20(19)28(3,25)26/h4-6,8-9,11-12,14,17H,7,10,13,15H2,1-3H3/t17-/m0/s1. The topological polar surface area (TPSA) is 74.8 Å². The average Bonchev–Trinajstić information content (AvgIpc) is 3.08. The van der Waals surface area contributed by atoms with Crippen molar-refractivity contribution in [3.05, 3.63) is 48.5 Å². The van der Waals surface area contributed by atoms with E-state index >= 15 is 0 Å². The number of nitrogens with zero attached hydrogens (tertiary/aromatic N) is 2. The number of likely N-dealkylation sites (N-methyl/N-ethyl adjacent to an activating group) is 1. The molecule has 2 aromatic carbocycles. The molecule has 1 atom stereocenters. The summed E-state index contributed by atoms with van der Waals surface area (Å²) in [5, 5.41) is 0. The van der Waals surface area contributed by atoms with Gasteiger partial charge in [0.2, 0.25) is 0 Å². The van der Waals surface area contributed by atoms with E-state index in [-0.39, 0.29) is 15.8 Å². The Morgan fingerprint density at radius 3 is 2.29 bits per heavy atom. The van der Waals surface area contributed by atoms with Gasteiger partial charge in [-0.25, -0.2) is 16.8 Å². The van der Waals surface area contributed by atoms with Crippen LogP contribution in [0.2, 0.25) is 0 Å². The van der Waals surface area contributed by atoms with Crippen LogP contribution in [0.15, 0.2) is 58.3 Å². The summed E-state index contributed by atoms with van der Waals surface area (Å²) in [5.41, 5.74) is 1.68. The molecular formula is C20H26N2O4S2. The van der Waals surface area contributed by atoms with Gasteiger partial charge in [-0.15, -0.1) is 0 Å². The van der Waals surface area contributed by atoms with Crippen molar-refractivity contribution in [3.8, 4) is 0 Å². The fourth-order valence-electron chi connectivity index (χ4n) is 3.71. The molecule has 1 aliphatic heterocycles. The zero-order valence-corrected chi connectivity index (χ0v) is 18.0. The van der Waals surface area contributed by atoms with Crippen LogP contribution >= 0.6 is 0 Å². The van der Waals surface area contributed by atoms with Gasteiger partial charge in [-0.1, -0.05) is 18.2 Å². The van der Waals surface area contributed by atoms with Gasteiger partial charge in [0.1, 0.15) is 0 Å². The van der Waals surface area contributed by atoms with Gasteiger partial charge in [-0.3, -0.25) is 0 Å². The predicted octanol–water partition coefficient (Wildman–Crippen LogP) is 2.60. The smallest absolute Gasteiger partial charge is 0.177 e. The molecule has 1 fully saturated rings. The maximum absolute atomic E-state index is 12.4. The highest BCUT2D eigenvalue weighted by Gasteiger charge is 2.30. The van der Waals surface area contributed by atoms with E-state index in [0.29, 0.717) is 5.69 Å². The molecular weight excluding hydrogens is 396 g/mol. The molecule has 0 radical (unpaired) electrons. The molecule has 8 heteroatoms. The van der Waals surface area contributed by atoms with Crippen molar-refractivity contribution in [2.24, 2.45) is 0 Å². The average molecular weight is 423 g/mol. The molecule has 6 nitrogen and oxygen atoms in total. The molecule has 1 aliphatic rings. The van der Waals surface area contributed by atoms with Crippen LogP contribution in [0.5, 0.6) is 0 Å². The molecule has 28 heavy (non-hydrogen) atoms. The van der Waals surface area contributed by atoms with Gasteiger partial charge in [0.15, 0.2) is 19.7 Å². The Morgan fingerprint density at radius 1 is 1.00 bits per heavy atom. The quantitative estimate of drug-likeness (QED) is 0.712. The van der Waals surface area contributed by atoms with Crippen LogP contribution in [-0.2, 0) is 19.7 Å². The second kappa shape index (κ2) is 7.75. The van der Waals surface area contributed by atoms with Crippen molar-refractivity contribution in [2.75, 3.05) is 42.4 Å². The summed E-state index contributed by atoms with van der Waals surface area (Å²) in [7, 11) is -5.04. The molecule has 0 bridgehead atoms. The molecule has 1 heterocycles. The largest absolute Gasteiger partial charge is 0.373 e. The van der Waals surface area contributed by atoms with Crippen molar-refractivity contribution < 1.29 is 16.8 Å². The van der Waals surface area contributed by atoms with E-state index in [2.05, 4.69) is 9.80 Å². The van der Waals surface area contributed by atoms with Gasteiger partial charge in [0, 0.05) is 44.4 Å². The lowest BCUT2D eigenvalue weighted by Crippen LogP contribution is -2.39. The SMILES string of the molecule is CN(C[C@@H]1CCCN1c1ccc(S(C)(=O)=O)cc1S(C)(=O)=O)c1ccccc1. The van der Waals surface area contributed by atoms with Gasteiger partial charge in [0.05, 0.1) is 15.5 Å². The molecule has 0 spiro atoms. The van der Waals surface area contributed by atoms with E-state index in [0.717, 1.165) is 44.1 Å². The highest BCUT2D eigenvalue weighted by molar-refractivity contribution is 7.91. The summed E-state index contributed by atoms with van der Waals surface area (Å²) in [6.45, 7) is 1.50. The minimum atomic E-state index is -3.58. The zero-order valence-electron chi connectivity index (χ0n) is 16.4. The Labute approximate surface area is 167 Å². The highest BCUT2D eigenvalue weighted by atomic mass is 32.2. The van der Waals surface area contributed by atoms with Gasteiger partial charge in [-0.05, 0) is 43.2 Å². The molecule has 0 amide bonds. The van der Waals surface area contributed by atoms with Gasteiger partial charge in [0.25, 0.3) is 0 Å². The first-order valence-electron chi connectivity index (χ1n) is 9.14.